The molecule has 0 aromatic heterocycles. The lowest BCUT2D eigenvalue weighted by atomic mass is 10.1. The van der Waals surface area contributed by atoms with E-state index < -0.39 is 11.8 Å². The van der Waals surface area contributed by atoms with Crippen molar-refractivity contribution in [2.45, 2.75) is 0 Å². The van der Waals surface area contributed by atoms with Gasteiger partial charge in [-0.05, 0) is 24.3 Å². The smallest absolute Gasteiger partial charge is 0.340 e. The minimum absolute atomic E-state index is 0.262. The van der Waals surface area contributed by atoms with Gasteiger partial charge in [-0.25, -0.2) is 9.18 Å². The molecule has 0 unspecified atom stereocenters. The number of para-hydroxylation sites is 1. The highest BCUT2D eigenvalue weighted by molar-refractivity contribution is 6.00. The van der Waals surface area contributed by atoms with Crippen molar-refractivity contribution in [2.75, 3.05) is 24.2 Å². The summed E-state index contributed by atoms with van der Waals surface area (Å²) < 4.78 is 18.8. The van der Waals surface area contributed by atoms with Gasteiger partial charge < -0.3 is 20.9 Å². The maximum atomic E-state index is 13.3. The fraction of sp³-hybridized carbons (Fsp3) is 0.133. The van der Waals surface area contributed by atoms with E-state index in [2.05, 4.69) is 5.32 Å². The summed E-state index contributed by atoms with van der Waals surface area (Å²) in [6, 6.07) is 11.7. The van der Waals surface area contributed by atoms with Gasteiger partial charge in [-0.3, -0.25) is 0 Å². The van der Waals surface area contributed by atoms with Gasteiger partial charge >= 0.3 is 5.97 Å². The van der Waals surface area contributed by atoms with Crippen LogP contribution in [0.25, 0.3) is 0 Å². The molecule has 110 valence electrons. The minimum atomic E-state index is -1.28. The fourth-order valence-corrected chi connectivity index (χ4v) is 1.84. The number of carboxylic acid groups (broad SMARTS) is 1. The molecule has 0 aliphatic carbocycles. The molecular formula is C15H15FN2O3. The molecule has 2 rings (SSSR count). The number of nitrogen functional groups attached to an aromatic ring is 1. The number of anilines is 2. The van der Waals surface area contributed by atoms with Gasteiger partial charge in [0.15, 0.2) is 0 Å². The van der Waals surface area contributed by atoms with Crippen molar-refractivity contribution in [3.8, 4) is 5.75 Å². The van der Waals surface area contributed by atoms with Gasteiger partial charge in [0.25, 0.3) is 0 Å². The fourth-order valence-electron chi connectivity index (χ4n) is 1.84. The third-order valence-corrected chi connectivity index (χ3v) is 2.84. The molecule has 0 radical (unpaired) electrons. The molecule has 0 heterocycles. The number of ether oxygens (including phenoxy) is 1. The molecule has 21 heavy (non-hydrogen) atoms. The molecule has 0 bridgehead atoms. The van der Waals surface area contributed by atoms with Crippen LogP contribution in [0.3, 0.4) is 0 Å². The summed E-state index contributed by atoms with van der Waals surface area (Å²) in [7, 11) is 0. The first kappa shape index (κ1) is 14.6. The molecule has 0 atom stereocenters. The molecule has 2 aromatic carbocycles. The molecule has 0 fully saturated rings. The number of halogens is 1. The van der Waals surface area contributed by atoms with Crippen LogP contribution in [0.4, 0.5) is 15.8 Å². The molecule has 6 heteroatoms. The highest BCUT2D eigenvalue weighted by Crippen LogP contribution is 2.25. The number of carboxylic acids is 1. The largest absolute Gasteiger partial charge is 0.492 e. The van der Waals surface area contributed by atoms with Gasteiger partial charge in [0.1, 0.15) is 23.7 Å². The summed E-state index contributed by atoms with van der Waals surface area (Å²) in [5.74, 6) is -1.31. The maximum absolute atomic E-state index is 13.3. The Morgan fingerprint density at radius 3 is 2.62 bits per heavy atom. The third kappa shape index (κ3) is 3.62. The number of nitrogens with one attached hydrogen (secondary N) is 1. The highest BCUT2D eigenvalue weighted by atomic mass is 19.1. The van der Waals surface area contributed by atoms with Crippen molar-refractivity contribution in [3.63, 3.8) is 0 Å². The first-order valence-electron chi connectivity index (χ1n) is 6.32. The number of aromatic carboxylic acids is 1. The standard InChI is InChI=1S/C15H15FN2O3/c16-11-6-7-12(13(14(11)17)15(19)20)18-8-9-21-10-4-2-1-3-5-10/h1-7,18H,8-9,17H2,(H,19,20). The Morgan fingerprint density at radius 2 is 1.95 bits per heavy atom. The second-order valence-electron chi connectivity index (χ2n) is 4.28. The quantitative estimate of drug-likeness (QED) is 0.562. The SMILES string of the molecule is Nc1c(F)ccc(NCCOc2ccccc2)c1C(=O)O. The molecule has 0 aliphatic heterocycles. The Hall–Kier alpha value is -2.76. The van der Waals surface area contributed by atoms with Gasteiger partial charge in [0.05, 0.1) is 11.4 Å². The second kappa shape index (κ2) is 6.60. The zero-order valence-electron chi connectivity index (χ0n) is 11.2. The van der Waals surface area contributed by atoms with Crippen LogP contribution in [0, 0.1) is 5.82 Å². The minimum Gasteiger partial charge on any atom is -0.492 e. The van der Waals surface area contributed by atoms with Crippen LogP contribution < -0.4 is 15.8 Å². The molecule has 0 saturated carbocycles. The second-order valence-corrected chi connectivity index (χ2v) is 4.28. The summed E-state index contributed by atoms with van der Waals surface area (Å²) in [6.07, 6.45) is 0. The molecule has 0 amide bonds. The van der Waals surface area contributed by atoms with Crippen molar-refractivity contribution in [2.24, 2.45) is 0 Å². The van der Waals surface area contributed by atoms with E-state index in [1.54, 1.807) is 0 Å². The van der Waals surface area contributed by atoms with Crippen LogP contribution in [0.1, 0.15) is 10.4 Å². The number of benzene rings is 2. The van der Waals surface area contributed by atoms with E-state index >= 15 is 0 Å². The predicted octanol–water partition coefficient (Wildman–Crippen LogP) is 2.60. The average Bonchev–Trinajstić information content (AvgIpc) is 2.48. The normalized spacial score (nSPS) is 10.1. The van der Waals surface area contributed by atoms with Crippen LogP contribution in [0.2, 0.25) is 0 Å². The van der Waals surface area contributed by atoms with Crippen LogP contribution in [0.15, 0.2) is 42.5 Å². The summed E-state index contributed by atoms with van der Waals surface area (Å²) in [4.78, 5) is 11.1. The number of rotatable bonds is 6. The molecule has 4 N–H and O–H groups in total. The third-order valence-electron chi connectivity index (χ3n) is 2.84. The van der Waals surface area contributed by atoms with Gasteiger partial charge in [0.2, 0.25) is 0 Å². The number of hydrogen-bond acceptors (Lipinski definition) is 4. The van der Waals surface area contributed by atoms with Crippen LogP contribution in [0.5, 0.6) is 5.75 Å². The molecule has 0 saturated heterocycles. The van der Waals surface area contributed by atoms with Crippen molar-refractivity contribution in [1.29, 1.82) is 0 Å². The summed E-state index contributed by atoms with van der Waals surface area (Å²) in [5, 5.41) is 12.0. The topological polar surface area (TPSA) is 84.6 Å². The lowest BCUT2D eigenvalue weighted by Gasteiger charge is -2.12. The van der Waals surface area contributed by atoms with E-state index in [1.807, 2.05) is 30.3 Å². The Labute approximate surface area is 121 Å². The lowest BCUT2D eigenvalue weighted by molar-refractivity contribution is 0.0698. The van der Waals surface area contributed by atoms with E-state index in [9.17, 15) is 9.18 Å². The van der Waals surface area contributed by atoms with Gasteiger partial charge in [-0.15, -0.1) is 0 Å². The van der Waals surface area contributed by atoms with Crippen molar-refractivity contribution < 1.29 is 19.0 Å². The van der Waals surface area contributed by atoms with Crippen molar-refractivity contribution in [3.05, 3.63) is 53.8 Å². The van der Waals surface area contributed by atoms with Crippen LogP contribution >= 0.6 is 0 Å². The maximum Gasteiger partial charge on any atom is 0.340 e. The Morgan fingerprint density at radius 1 is 1.24 bits per heavy atom. The van der Waals surface area contributed by atoms with Crippen molar-refractivity contribution in [1.82, 2.24) is 0 Å². The zero-order valence-corrected chi connectivity index (χ0v) is 11.2. The average molecular weight is 290 g/mol. The first-order valence-corrected chi connectivity index (χ1v) is 6.32. The molecular weight excluding hydrogens is 275 g/mol. The van der Waals surface area contributed by atoms with Crippen molar-refractivity contribution >= 4 is 17.3 Å². The van der Waals surface area contributed by atoms with E-state index in [-0.39, 0.29) is 16.9 Å². The van der Waals surface area contributed by atoms with E-state index in [4.69, 9.17) is 15.6 Å². The number of nitrogens with two attached hydrogens (primary N) is 1. The predicted molar refractivity (Wildman–Crippen MR) is 78.2 cm³/mol. The first-order chi connectivity index (χ1) is 10.1. The highest BCUT2D eigenvalue weighted by Gasteiger charge is 2.17. The molecule has 0 spiro atoms. The number of carbonyl (C=O) groups is 1. The van der Waals surface area contributed by atoms with E-state index in [1.165, 1.54) is 6.07 Å². The Kier molecular flexibility index (Phi) is 4.61. The zero-order chi connectivity index (χ0) is 15.2. The van der Waals surface area contributed by atoms with Crippen LogP contribution in [-0.4, -0.2) is 24.2 Å². The Bertz CT molecular complexity index is 632. The molecule has 2 aromatic rings. The van der Waals surface area contributed by atoms with E-state index in [0.29, 0.717) is 13.2 Å². The molecule has 5 nitrogen and oxygen atoms in total. The lowest BCUT2D eigenvalue weighted by Crippen LogP contribution is -2.15. The monoisotopic (exact) mass is 290 g/mol. The van der Waals surface area contributed by atoms with Gasteiger partial charge in [-0.1, -0.05) is 18.2 Å². The van der Waals surface area contributed by atoms with Gasteiger partial charge in [0, 0.05) is 6.54 Å². The molecule has 0 aliphatic rings. The van der Waals surface area contributed by atoms with Crippen LogP contribution in [-0.2, 0) is 0 Å². The van der Waals surface area contributed by atoms with Gasteiger partial charge in [-0.2, -0.15) is 0 Å². The van der Waals surface area contributed by atoms with E-state index in [0.717, 1.165) is 11.8 Å². The summed E-state index contributed by atoms with van der Waals surface area (Å²) in [6.45, 7) is 0.695. The summed E-state index contributed by atoms with van der Waals surface area (Å²) >= 11 is 0. The number of hydrogen-bond donors (Lipinski definition) is 3. The Balaban J connectivity index is 1.97. The summed E-state index contributed by atoms with van der Waals surface area (Å²) in [5.41, 5.74) is 5.07.